The molecule has 0 radical (unpaired) electrons. The molecule has 2 aliphatic heterocycles. The molecule has 2 atom stereocenters. The number of ether oxygens (including phenoxy) is 1. The molecular formula is C16H22N2O3. The molecule has 0 aromatic heterocycles. The highest BCUT2D eigenvalue weighted by Gasteiger charge is 2.48. The number of carbonyl (C=O) groups is 1. The van der Waals surface area contributed by atoms with Gasteiger partial charge in [-0.25, -0.2) is 4.79 Å². The Bertz CT molecular complexity index is 528. The number of amides is 1. The van der Waals surface area contributed by atoms with E-state index in [1.807, 2.05) is 11.0 Å². The van der Waals surface area contributed by atoms with E-state index in [1.54, 1.807) is 18.2 Å². The highest BCUT2D eigenvalue weighted by Crippen LogP contribution is 2.36. The summed E-state index contributed by atoms with van der Waals surface area (Å²) in [7, 11) is 0. The van der Waals surface area contributed by atoms with E-state index in [2.05, 4.69) is 12.2 Å². The number of carbonyl (C=O) groups excluding carboxylic acids is 1. The van der Waals surface area contributed by atoms with E-state index < -0.39 is 0 Å². The Morgan fingerprint density at radius 3 is 3.10 bits per heavy atom. The summed E-state index contributed by atoms with van der Waals surface area (Å²) < 4.78 is 5.33. The van der Waals surface area contributed by atoms with Gasteiger partial charge in [-0.1, -0.05) is 12.1 Å². The van der Waals surface area contributed by atoms with Gasteiger partial charge in [0.15, 0.2) is 0 Å². The van der Waals surface area contributed by atoms with Gasteiger partial charge in [0.05, 0.1) is 5.54 Å². The molecule has 114 valence electrons. The van der Waals surface area contributed by atoms with E-state index in [1.165, 1.54) is 0 Å². The van der Waals surface area contributed by atoms with E-state index in [0.29, 0.717) is 19.1 Å². The highest BCUT2D eigenvalue weighted by molar-refractivity contribution is 5.71. The van der Waals surface area contributed by atoms with Gasteiger partial charge < -0.3 is 15.2 Å². The van der Waals surface area contributed by atoms with Gasteiger partial charge in [0.25, 0.3) is 0 Å². The Balaban J connectivity index is 1.81. The molecule has 1 amide bonds. The first-order valence-corrected chi connectivity index (χ1v) is 7.52. The first-order chi connectivity index (χ1) is 10.1. The maximum absolute atomic E-state index is 12.1. The quantitative estimate of drug-likeness (QED) is 0.895. The molecule has 2 saturated heterocycles. The number of hydrogen-bond donors (Lipinski definition) is 2. The van der Waals surface area contributed by atoms with Crippen molar-refractivity contribution in [3.8, 4) is 5.75 Å². The zero-order valence-corrected chi connectivity index (χ0v) is 12.3. The lowest BCUT2D eigenvalue weighted by atomic mass is 9.80. The summed E-state index contributed by atoms with van der Waals surface area (Å²) in [6, 6.07) is 7.05. The number of benzene rings is 1. The molecule has 1 aromatic rings. The molecular weight excluding hydrogens is 268 g/mol. The van der Waals surface area contributed by atoms with Crippen LogP contribution in [-0.2, 0) is 11.3 Å². The summed E-state index contributed by atoms with van der Waals surface area (Å²) in [5, 5.41) is 13.0. The predicted octanol–water partition coefficient (Wildman–Crippen LogP) is 2.10. The number of cyclic esters (lactones) is 1. The van der Waals surface area contributed by atoms with Crippen molar-refractivity contribution < 1.29 is 14.6 Å². The number of nitrogens with one attached hydrogen (secondary N) is 1. The topological polar surface area (TPSA) is 61.8 Å². The molecule has 0 aliphatic carbocycles. The van der Waals surface area contributed by atoms with Gasteiger partial charge in [0.1, 0.15) is 12.4 Å². The molecule has 1 aromatic carbocycles. The van der Waals surface area contributed by atoms with E-state index in [0.717, 1.165) is 31.5 Å². The summed E-state index contributed by atoms with van der Waals surface area (Å²) >= 11 is 0. The summed E-state index contributed by atoms with van der Waals surface area (Å²) in [5.41, 5.74) is 0.638. The second kappa shape index (κ2) is 5.56. The second-order valence-corrected chi connectivity index (χ2v) is 6.21. The van der Waals surface area contributed by atoms with Crippen molar-refractivity contribution in [2.45, 2.75) is 31.8 Å². The van der Waals surface area contributed by atoms with E-state index in [-0.39, 0.29) is 17.4 Å². The maximum Gasteiger partial charge on any atom is 0.410 e. The summed E-state index contributed by atoms with van der Waals surface area (Å²) in [4.78, 5) is 14.0. The van der Waals surface area contributed by atoms with Crippen LogP contribution in [0.25, 0.3) is 0 Å². The Labute approximate surface area is 124 Å². The molecule has 2 aliphatic rings. The van der Waals surface area contributed by atoms with Gasteiger partial charge in [-0.15, -0.1) is 0 Å². The molecule has 2 N–H and O–H groups in total. The monoisotopic (exact) mass is 290 g/mol. The van der Waals surface area contributed by atoms with Gasteiger partial charge in [-0.05, 0) is 49.9 Å². The number of rotatable bonds is 3. The van der Waals surface area contributed by atoms with Crippen LogP contribution in [0.5, 0.6) is 5.75 Å². The van der Waals surface area contributed by atoms with Crippen LogP contribution in [0.1, 0.15) is 25.3 Å². The number of phenols is 1. The van der Waals surface area contributed by atoms with Crippen molar-refractivity contribution in [2.75, 3.05) is 19.7 Å². The third-order valence-corrected chi connectivity index (χ3v) is 4.75. The van der Waals surface area contributed by atoms with Crippen molar-refractivity contribution in [3.63, 3.8) is 0 Å². The standard InChI is InChI=1S/C16H22N2O3/c1-16(13-5-3-7-17-9-13)11-21-15(20)18(16)10-12-4-2-6-14(19)8-12/h2,4,6,8,13,17,19H,3,5,7,9-11H2,1H3. The number of aromatic hydroxyl groups is 1. The number of hydrogen-bond acceptors (Lipinski definition) is 4. The van der Waals surface area contributed by atoms with Crippen LogP contribution < -0.4 is 5.32 Å². The lowest BCUT2D eigenvalue weighted by molar-refractivity contribution is 0.0922. The Morgan fingerprint density at radius 2 is 2.38 bits per heavy atom. The van der Waals surface area contributed by atoms with Gasteiger partial charge in [-0.3, -0.25) is 4.90 Å². The third kappa shape index (κ3) is 2.70. The second-order valence-electron chi connectivity index (χ2n) is 6.21. The lowest BCUT2D eigenvalue weighted by Gasteiger charge is -2.41. The Kier molecular flexibility index (Phi) is 3.76. The van der Waals surface area contributed by atoms with Crippen molar-refractivity contribution in [2.24, 2.45) is 5.92 Å². The van der Waals surface area contributed by atoms with Crippen LogP contribution in [-0.4, -0.2) is 41.3 Å². The lowest BCUT2D eigenvalue weighted by Crippen LogP contribution is -2.54. The van der Waals surface area contributed by atoms with E-state index in [9.17, 15) is 9.90 Å². The summed E-state index contributed by atoms with van der Waals surface area (Å²) in [5.74, 6) is 0.621. The van der Waals surface area contributed by atoms with E-state index in [4.69, 9.17) is 4.74 Å². The fourth-order valence-corrected chi connectivity index (χ4v) is 3.38. The molecule has 0 bridgehead atoms. The average Bonchev–Trinajstić information content (AvgIpc) is 2.78. The van der Waals surface area contributed by atoms with Crippen LogP contribution >= 0.6 is 0 Å². The third-order valence-electron chi connectivity index (χ3n) is 4.75. The van der Waals surface area contributed by atoms with Crippen molar-refractivity contribution in [3.05, 3.63) is 29.8 Å². The highest BCUT2D eigenvalue weighted by atomic mass is 16.6. The van der Waals surface area contributed by atoms with Crippen molar-refractivity contribution in [1.82, 2.24) is 10.2 Å². The van der Waals surface area contributed by atoms with Gasteiger partial charge in [0, 0.05) is 13.1 Å². The minimum atomic E-state index is -0.282. The molecule has 21 heavy (non-hydrogen) atoms. The van der Waals surface area contributed by atoms with Gasteiger partial charge >= 0.3 is 6.09 Å². The minimum absolute atomic E-state index is 0.223. The van der Waals surface area contributed by atoms with Gasteiger partial charge in [0.2, 0.25) is 0 Å². The predicted molar refractivity (Wildman–Crippen MR) is 79.0 cm³/mol. The molecule has 3 rings (SSSR count). The van der Waals surface area contributed by atoms with Crippen molar-refractivity contribution in [1.29, 1.82) is 0 Å². The first-order valence-electron chi connectivity index (χ1n) is 7.52. The molecule has 2 fully saturated rings. The molecule has 5 heteroatoms. The smallest absolute Gasteiger partial charge is 0.410 e. The van der Waals surface area contributed by atoms with Crippen LogP contribution in [0, 0.1) is 5.92 Å². The van der Waals surface area contributed by atoms with Gasteiger partial charge in [-0.2, -0.15) is 0 Å². The number of nitrogens with zero attached hydrogens (tertiary/aromatic N) is 1. The minimum Gasteiger partial charge on any atom is -0.508 e. The summed E-state index contributed by atoms with van der Waals surface area (Å²) in [6.07, 6.45) is 1.98. The Hall–Kier alpha value is -1.75. The SMILES string of the molecule is CC1(C2CCCNC2)COC(=O)N1Cc1cccc(O)c1. The average molecular weight is 290 g/mol. The fourth-order valence-electron chi connectivity index (χ4n) is 3.38. The number of phenolic OH excluding ortho intramolecular Hbond substituents is 1. The zero-order chi connectivity index (χ0) is 14.9. The molecule has 2 unspecified atom stereocenters. The summed E-state index contributed by atoms with van der Waals surface area (Å²) in [6.45, 7) is 4.99. The van der Waals surface area contributed by atoms with Crippen LogP contribution in [0.15, 0.2) is 24.3 Å². The first kappa shape index (κ1) is 14.2. The molecule has 0 spiro atoms. The van der Waals surface area contributed by atoms with Crippen LogP contribution in [0.2, 0.25) is 0 Å². The molecule has 5 nitrogen and oxygen atoms in total. The molecule has 0 saturated carbocycles. The van der Waals surface area contributed by atoms with E-state index >= 15 is 0 Å². The number of piperidine rings is 1. The van der Waals surface area contributed by atoms with Crippen LogP contribution in [0.4, 0.5) is 4.79 Å². The maximum atomic E-state index is 12.1. The van der Waals surface area contributed by atoms with Crippen LogP contribution in [0.3, 0.4) is 0 Å². The zero-order valence-electron chi connectivity index (χ0n) is 12.3. The fraction of sp³-hybridized carbons (Fsp3) is 0.562. The van der Waals surface area contributed by atoms with Crippen molar-refractivity contribution >= 4 is 6.09 Å². The Morgan fingerprint density at radius 1 is 1.52 bits per heavy atom. The normalized spacial score (nSPS) is 29.5. The largest absolute Gasteiger partial charge is 0.508 e. The molecule has 2 heterocycles.